The summed E-state index contributed by atoms with van der Waals surface area (Å²) in [6.45, 7) is 6.57. The van der Waals surface area contributed by atoms with Gasteiger partial charge >= 0.3 is 5.97 Å². The first-order chi connectivity index (χ1) is 18.8. The van der Waals surface area contributed by atoms with Crippen molar-refractivity contribution in [3.05, 3.63) is 47.5 Å². The van der Waals surface area contributed by atoms with Crippen molar-refractivity contribution < 1.29 is 19.1 Å². The monoisotopic (exact) mass is 530 g/mol. The Kier molecular flexibility index (Phi) is 7.64. The molecule has 8 heteroatoms. The number of imidazole rings is 1. The van der Waals surface area contributed by atoms with Gasteiger partial charge in [-0.05, 0) is 63.4 Å². The van der Waals surface area contributed by atoms with Gasteiger partial charge in [0.05, 0.1) is 36.0 Å². The van der Waals surface area contributed by atoms with Crippen LogP contribution >= 0.6 is 0 Å². The zero-order valence-electron chi connectivity index (χ0n) is 23.5. The zero-order chi connectivity index (χ0) is 27.7. The maximum Gasteiger partial charge on any atom is 0.338 e. The van der Waals surface area contributed by atoms with E-state index >= 15 is 0 Å². The molecule has 0 spiro atoms. The summed E-state index contributed by atoms with van der Waals surface area (Å²) in [6.07, 6.45) is 5.61. The molecule has 0 saturated carbocycles. The summed E-state index contributed by atoms with van der Waals surface area (Å²) < 4.78 is 15.5. The lowest BCUT2D eigenvalue weighted by atomic mass is 10.1. The van der Waals surface area contributed by atoms with Crippen LogP contribution in [-0.4, -0.2) is 39.2 Å². The first-order valence-electron chi connectivity index (χ1n) is 13.9. The van der Waals surface area contributed by atoms with E-state index in [2.05, 4.69) is 34.1 Å². The predicted molar refractivity (Wildman–Crippen MR) is 153 cm³/mol. The Morgan fingerprint density at radius 3 is 2.62 bits per heavy atom. The van der Waals surface area contributed by atoms with E-state index in [-0.39, 0.29) is 18.1 Å². The third kappa shape index (κ3) is 5.37. The fourth-order valence-electron chi connectivity index (χ4n) is 5.54. The lowest BCUT2D eigenvalue weighted by Gasteiger charge is -2.17. The van der Waals surface area contributed by atoms with Gasteiger partial charge in [-0.15, -0.1) is 0 Å². The van der Waals surface area contributed by atoms with Crippen LogP contribution in [0.25, 0.3) is 33.5 Å². The number of hydrogen-bond acceptors (Lipinski definition) is 5. The highest BCUT2D eigenvalue weighted by molar-refractivity contribution is 5.97. The number of aryl methyl sites for hydroxylation is 2. The van der Waals surface area contributed by atoms with Crippen LogP contribution < -0.4 is 10.1 Å². The van der Waals surface area contributed by atoms with E-state index in [1.165, 1.54) is 0 Å². The van der Waals surface area contributed by atoms with Crippen LogP contribution in [0.4, 0.5) is 0 Å². The predicted octanol–water partition coefficient (Wildman–Crippen LogP) is 6.30. The normalized spacial score (nSPS) is 17.0. The van der Waals surface area contributed by atoms with Crippen LogP contribution in [-0.2, 0) is 23.1 Å². The summed E-state index contributed by atoms with van der Waals surface area (Å²) in [5.74, 6) is 1.10. The number of carbonyl (C=O) groups excluding carboxylic acids is 2. The highest BCUT2D eigenvalue weighted by Crippen LogP contribution is 2.35. The molecule has 1 aliphatic rings. The number of fused-ring (bicyclic) bond motifs is 2. The van der Waals surface area contributed by atoms with Crippen molar-refractivity contribution in [2.24, 2.45) is 7.05 Å². The lowest BCUT2D eigenvalue weighted by Crippen LogP contribution is -2.26. The molecule has 0 saturated heterocycles. The number of rotatable bonds is 4. The number of nitrogens with one attached hydrogen (secondary N) is 1. The third-order valence-corrected chi connectivity index (χ3v) is 7.55. The van der Waals surface area contributed by atoms with E-state index in [0.717, 1.165) is 72.2 Å². The second-order valence-corrected chi connectivity index (χ2v) is 10.8. The van der Waals surface area contributed by atoms with Gasteiger partial charge in [0.1, 0.15) is 11.3 Å². The minimum absolute atomic E-state index is 0.0688. The second-order valence-electron chi connectivity index (χ2n) is 10.8. The topological polar surface area (TPSA) is 87.4 Å². The molecule has 5 rings (SSSR count). The number of ether oxygens (including phenoxy) is 2. The van der Waals surface area contributed by atoms with E-state index in [1.807, 2.05) is 32.4 Å². The smallest absolute Gasteiger partial charge is 0.338 e. The fraction of sp³-hybridized carbons (Fsp3) is 0.452. The van der Waals surface area contributed by atoms with Crippen LogP contribution in [0.1, 0.15) is 81.3 Å². The summed E-state index contributed by atoms with van der Waals surface area (Å²) >= 11 is 0. The Labute approximate surface area is 229 Å². The molecule has 206 valence electrons. The van der Waals surface area contributed by atoms with Gasteiger partial charge in [0.25, 0.3) is 0 Å². The second kappa shape index (κ2) is 11.1. The standard InChI is InChI=1S/C31H38N4O4/c1-19(2)39-31(37)23-15-24-29(27(18-23)38-5)34(4)30(33-24)26-17-22-13-12-21-16-25(22)35(26)14-10-8-6-7-9-11-28(36)32-20(21)3/h12-13,15-20H,6-11,14H2,1-5H3,(H,32,36)/t20-/m1/s1. The zero-order valence-corrected chi connectivity index (χ0v) is 23.5. The number of benzene rings is 2. The van der Waals surface area contributed by atoms with Crippen LogP contribution in [0.2, 0.25) is 0 Å². The fourth-order valence-corrected chi connectivity index (χ4v) is 5.54. The maximum absolute atomic E-state index is 12.7. The Balaban J connectivity index is 1.64. The summed E-state index contributed by atoms with van der Waals surface area (Å²) in [5, 5.41) is 4.29. The van der Waals surface area contributed by atoms with Crippen LogP contribution in [0, 0.1) is 0 Å². The first kappa shape index (κ1) is 26.8. The van der Waals surface area contributed by atoms with Gasteiger partial charge in [0.15, 0.2) is 5.82 Å². The molecule has 0 aliphatic carbocycles. The largest absolute Gasteiger partial charge is 0.494 e. The molecule has 0 unspecified atom stereocenters. The SMILES string of the molecule is COc1cc(C(=O)OC(C)C)cc2nc(-c3cc4ccc5cc4n3CCCCCCCC(=O)N[C@@H]5C)n(C)c12. The van der Waals surface area contributed by atoms with Crippen molar-refractivity contribution in [3.8, 4) is 17.3 Å². The molecular formula is C31H38N4O4. The number of carbonyl (C=O) groups is 2. The molecular weight excluding hydrogens is 492 g/mol. The van der Waals surface area contributed by atoms with Crippen molar-refractivity contribution in [1.82, 2.24) is 19.4 Å². The quantitative estimate of drug-likeness (QED) is 0.313. The summed E-state index contributed by atoms with van der Waals surface area (Å²) in [4.78, 5) is 30.2. The van der Waals surface area contributed by atoms with E-state index in [9.17, 15) is 9.59 Å². The van der Waals surface area contributed by atoms with E-state index in [4.69, 9.17) is 14.5 Å². The van der Waals surface area contributed by atoms with Crippen molar-refractivity contribution in [2.75, 3.05) is 7.11 Å². The highest BCUT2D eigenvalue weighted by Gasteiger charge is 2.22. The molecule has 2 aromatic carbocycles. The molecule has 1 amide bonds. The number of nitrogens with zero attached hydrogens (tertiary/aromatic N) is 3. The minimum atomic E-state index is -0.395. The van der Waals surface area contributed by atoms with Crippen molar-refractivity contribution in [1.29, 1.82) is 0 Å². The van der Waals surface area contributed by atoms with E-state index < -0.39 is 5.97 Å². The molecule has 2 aromatic heterocycles. The van der Waals surface area contributed by atoms with Gasteiger partial charge in [0, 0.05) is 30.9 Å². The van der Waals surface area contributed by atoms with Gasteiger partial charge in [-0.2, -0.15) is 0 Å². The lowest BCUT2D eigenvalue weighted by molar-refractivity contribution is -0.121. The summed E-state index contributed by atoms with van der Waals surface area (Å²) in [7, 11) is 3.59. The van der Waals surface area contributed by atoms with Crippen LogP contribution in [0.15, 0.2) is 36.4 Å². The molecule has 1 atom stereocenters. The average Bonchev–Trinajstić information content (AvgIpc) is 3.43. The Morgan fingerprint density at radius 1 is 1.08 bits per heavy atom. The average molecular weight is 531 g/mol. The third-order valence-electron chi connectivity index (χ3n) is 7.55. The van der Waals surface area contributed by atoms with Gasteiger partial charge in [-0.1, -0.05) is 31.4 Å². The summed E-state index contributed by atoms with van der Waals surface area (Å²) in [5.41, 5.74) is 5.14. The van der Waals surface area contributed by atoms with Gasteiger partial charge in [0.2, 0.25) is 5.91 Å². The van der Waals surface area contributed by atoms with Gasteiger partial charge in [-0.25, -0.2) is 9.78 Å². The molecule has 3 heterocycles. The Bertz CT molecular complexity index is 1530. The van der Waals surface area contributed by atoms with E-state index in [1.54, 1.807) is 19.2 Å². The number of amides is 1. The highest BCUT2D eigenvalue weighted by atomic mass is 16.5. The molecule has 0 fully saturated rings. The van der Waals surface area contributed by atoms with E-state index in [0.29, 0.717) is 23.3 Å². The maximum atomic E-state index is 12.7. The van der Waals surface area contributed by atoms with Crippen molar-refractivity contribution >= 4 is 33.8 Å². The van der Waals surface area contributed by atoms with Crippen molar-refractivity contribution in [2.45, 2.75) is 78.0 Å². The Hall–Kier alpha value is -3.81. The number of methoxy groups -OCH3 is 1. The minimum Gasteiger partial charge on any atom is -0.494 e. The number of aromatic nitrogens is 3. The summed E-state index contributed by atoms with van der Waals surface area (Å²) in [6, 6.07) is 12.0. The molecule has 1 N–H and O–H groups in total. The van der Waals surface area contributed by atoms with Gasteiger partial charge < -0.3 is 23.9 Å². The molecule has 0 radical (unpaired) electrons. The van der Waals surface area contributed by atoms with Crippen LogP contribution in [0.3, 0.4) is 0 Å². The molecule has 8 nitrogen and oxygen atoms in total. The number of hydrogen-bond donors (Lipinski definition) is 1. The number of esters is 1. The molecule has 1 aliphatic heterocycles. The Morgan fingerprint density at radius 2 is 1.85 bits per heavy atom. The molecule has 39 heavy (non-hydrogen) atoms. The molecule has 2 bridgehead atoms. The van der Waals surface area contributed by atoms with Gasteiger partial charge in [-0.3, -0.25) is 4.79 Å². The van der Waals surface area contributed by atoms with Crippen LogP contribution in [0.5, 0.6) is 5.75 Å². The molecule has 4 aromatic rings. The van der Waals surface area contributed by atoms with Crippen molar-refractivity contribution in [3.63, 3.8) is 0 Å². The first-order valence-corrected chi connectivity index (χ1v) is 13.9.